The molecular formula is C57H72K3O18P3S3. The molecule has 18 nitrogen and oxygen atoms in total. The van der Waals surface area contributed by atoms with E-state index in [1.165, 1.54) is 16.7 Å². The quantitative estimate of drug-likeness (QED) is 0.0244. The van der Waals surface area contributed by atoms with Crippen molar-refractivity contribution >= 4 is 53.1 Å². The van der Waals surface area contributed by atoms with Crippen molar-refractivity contribution in [1.82, 2.24) is 0 Å². The van der Waals surface area contributed by atoms with Crippen LogP contribution in [0.2, 0.25) is 0 Å². The predicted octanol–water partition coefficient (Wildman–Crippen LogP) is 2.05. The molecule has 0 bridgehead atoms. The third-order valence-corrected chi connectivity index (χ3v) is 23.7. The molecule has 0 saturated carbocycles. The molecule has 6 aromatic rings. The summed E-state index contributed by atoms with van der Waals surface area (Å²) in [5, 5.41) is 0. The van der Waals surface area contributed by atoms with E-state index < -0.39 is 68.1 Å². The van der Waals surface area contributed by atoms with Crippen molar-refractivity contribution in [2.75, 3.05) is 0 Å². The molecule has 0 spiro atoms. The van der Waals surface area contributed by atoms with Gasteiger partial charge in [0.05, 0.1) is 0 Å². The maximum atomic E-state index is 11.2. The third kappa shape index (κ3) is 29.8. The van der Waals surface area contributed by atoms with Gasteiger partial charge < -0.3 is 43.0 Å². The normalized spacial score (nSPS) is 13.0. The van der Waals surface area contributed by atoms with Crippen LogP contribution in [0, 0.1) is 0 Å². The van der Waals surface area contributed by atoms with E-state index in [0.29, 0.717) is 19.3 Å². The molecule has 6 N–H and O–H groups in total. The minimum Gasteiger partial charge on any atom is -0.747 e. The minimum absolute atomic E-state index is 0. The van der Waals surface area contributed by atoms with Crippen LogP contribution in [0.25, 0.3) is 33.4 Å². The van der Waals surface area contributed by atoms with Gasteiger partial charge in [-0.3, -0.25) is 13.7 Å². The smallest absolute Gasteiger partial charge is 0.747 e. The largest absolute Gasteiger partial charge is 1.00 e. The standard InChI is InChI=1S/3C19H25O6PS.3K/c3*1-2-4-15-7-11-17(12-8-15)18-13-9-16(10-14-18)5-3-6-19(26(20,21)22)27(23,24)25;;;/h3*7-14,19H,2-6H2,1H3,(H2,20,21,22)(H,23,24,25);;;/q;;;3*+1/p-3. The Kier molecular flexibility index (Phi) is 38.3. The van der Waals surface area contributed by atoms with Gasteiger partial charge in [0, 0.05) is 0 Å². The van der Waals surface area contributed by atoms with Crippen molar-refractivity contribution in [2.24, 2.45) is 0 Å². The topological polar surface area (TPSA) is 344 Å². The first-order valence-corrected chi connectivity index (χ1v) is 35.8. The summed E-state index contributed by atoms with van der Waals surface area (Å²) >= 11 is 0. The fraction of sp³-hybridized carbons (Fsp3) is 0.368. The van der Waals surface area contributed by atoms with E-state index >= 15 is 0 Å². The Morgan fingerprint density at radius 2 is 0.452 bits per heavy atom. The van der Waals surface area contributed by atoms with E-state index in [1.807, 2.05) is 72.8 Å². The molecule has 3 atom stereocenters. The van der Waals surface area contributed by atoms with Gasteiger partial charge in [-0.2, -0.15) is 0 Å². The summed E-state index contributed by atoms with van der Waals surface area (Å²) in [6.45, 7) is 6.42. The molecule has 0 amide bonds. The van der Waals surface area contributed by atoms with Crippen LogP contribution in [-0.4, -0.2) is 83.2 Å². The van der Waals surface area contributed by atoms with Gasteiger partial charge in [-0.25, -0.2) is 25.3 Å². The number of hydrogen-bond donors (Lipinski definition) is 6. The van der Waals surface area contributed by atoms with Gasteiger partial charge >= 0.3 is 177 Å². The Morgan fingerprint density at radius 3 is 0.571 bits per heavy atom. The average molecular weight is 1350 g/mol. The van der Waals surface area contributed by atoms with Crippen molar-refractivity contribution in [3.05, 3.63) is 179 Å². The number of benzene rings is 6. The van der Waals surface area contributed by atoms with Gasteiger partial charge in [0.1, 0.15) is 30.4 Å². The van der Waals surface area contributed by atoms with E-state index in [1.54, 1.807) is 0 Å². The Labute approximate surface area is 623 Å². The summed E-state index contributed by atoms with van der Waals surface area (Å²) in [6, 6.07) is 48.2. The Hall–Kier alpha value is 0.409. The predicted molar refractivity (Wildman–Crippen MR) is 313 cm³/mol. The van der Waals surface area contributed by atoms with Crippen molar-refractivity contribution in [1.29, 1.82) is 0 Å². The maximum Gasteiger partial charge on any atom is 1.00 e. The second-order valence-electron chi connectivity index (χ2n) is 19.7. The summed E-state index contributed by atoms with van der Waals surface area (Å²) in [6.07, 6.45) is 7.25. The summed E-state index contributed by atoms with van der Waals surface area (Å²) in [4.78, 5) is 47.8. The van der Waals surface area contributed by atoms with Crippen LogP contribution in [0.5, 0.6) is 0 Å². The van der Waals surface area contributed by atoms with Crippen molar-refractivity contribution in [3.8, 4) is 33.4 Å². The maximum absolute atomic E-state index is 11.2. The summed E-state index contributed by atoms with van der Waals surface area (Å²) in [5.74, 6) is 0. The van der Waals surface area contributed by atoms with E-state index in [2.05, 4.69) is 93.6 Å². The van der Waals surface area contributed by atoms with Gasteiger partial charge in [0.25, 0.3) is 0 Å². The molecule has 0 aliphatic heterocycles. The number of aryl methyl sites for hydroxylation is 6. The molecule has 27 heteroatoms. The van der Waals surface area contributed by atoms with E-state index in [-0.39, 0.29) is 193 Å². The fourth-order valence-electron chi connectivity index (χ4n) is 8.93. The van der Waals surface area contributed by atoms with Gasteiger partial charge in [0.15, 0.2) is 15.0 Å². The van der Waals surface area contributed by atoms with Crippen LogP contribution < -0.4 is 154 Å². The van der Waals surface area contributed by atoms with Crippen LogP contribution in [0.3, 0.4) is 0 Å². The van der Waals surface area contributed by atoms with Gasteiger partial charge in [0.2, 0.25) is 0 Å². The molecule has 0 aliphatic rings. The van der Waals surface area contributed by atoms with Crippen molar-refractivity contribution < 1.29 is 236 Å². The van der Waals surface area contributed by atoms with Crippen molar-refractivity contribution in [2.45, 2.75) is 132 Å². The second kappa shape index (κ2) is 39.1. The van der Waals surface area contributed by atoms with Crippen LogP contribution in [-0.2, 0) is 82.6 Å². The molecule has 0 radical (unpaired) electrons. The summed E-state index contributed by atoms with van der Waals surface area (Å²) in [5.41, 5.74) is 13.1. The molecule has 0 aliphatic carbocycles. The molecule has 6 rings (SSSR count). The first-order valence-electron chi connectivity index (χ1n) is 26.4. The van der Waals surface area contributed by atoms with Crippen LogP contribution >= 0.6 is 22.8 Å². The Bertz CT molecular complexity index is 3040. The molecular weight excluding hydrogens is 1280 g/mol. The number of hydrogen-bond acceptors (Lipinski definition) is 12. The van der Waals surface area contributed by atoms with Gasteiger partial charge in [-0.05, 0) is 144 Å². The zero-order valence-corrected chi connectivity index (χ0v) is 62.8. The van der Waals surface area contributed by atoms with E-state index in [4.69, 9.17) is 29.4 Å². The van der Waals surface area contributed by atoms with E-state index in [9.17, 15) is 52.6 Å². The van der Waals surface area contributed by atoms with Crippen molar-refractivity contribution in [3.63, 3.8) is 0 Å². The molecule has 0 heterocycles. The molecule has 3 unspecified atom stereocenters. The Balaban J connectivity index is 0.000000619. The molecule has 0 aromatic heterocycles. The summed E-state index contributed by atoms with van der Waals surface area (Å²) < 4.78 is 133. The average Bonchev–Trinajstić information content (AvgIpc) is 3.61. The van der Waals surface area contributed by atoms with Gasteiger partial charge in [-0.15, -0.1) is 0 Å². The molecule has 84 heavy (non-hydrogen) atoms. The summed E-state index contributed by atoms with van der Waals surface area (Å²) in [7, 11) is -30.1. The SMILES string of the molecule is CCCc1ccc(-c2ccc(CCCC(P(=O)(O)O)S(=O)(=O)[O-])cc2)cc1.CCCc1ccc(-c2ccc(CCCC(P(=O)(O)O)S(=O)(=O)[O-])cc2)cc1.CCCc1ccc(-c2ccc(CCCC(P(=O)(O)O)S(=O)(=O)[O-])cc2)cc1.[K+].[K+].[K+]. The third-order valence-electron chi connectivity index (χ3n) is 13.2. The fourth-order valence-corrected chi connectivity index (χ4v) is 15.9. The molecule has 0 fully saturated rings. The Morgan fingerprint density at radius 1 is 0.310 bits per heavy atom. The monoisotopic (exact) mass is 1350 g/mol. The zero-order valence-electron chi connectivity index (χ0n) is 48.3. The minimum atomic E-state index is -5.04. The first-order chi connectivity index (χ1) is 37.8. The zero-order chi connectivity index (χ0) is 60.2. The molecule has 444 valence electrons. The first kappa shape index (κ1) is 82.4. The number of rotatable bonds is 27. The molecule has 6 aromatic carbocycles. The van der Waals surface area contributed by atoms with E-state index in [0.717, 1.165) is 88.6 Å². The second-order valence-corrected chi connectivity index (χ2v) is 30.8. The van der Waals surface area contributed by atoms with Crippen LogP contribution in [0.4, 0.5) is 0 Å². The molecule has 0 saturated heterocycles. The van der Waals surface area contributed by atoms with Crippen LogP contribution in [0.1, 0.15) is 112 Å². The van der Waals surface area contributed by atoms with Crippen LogP contribution in [0.15, 0.2) is 146 Å². The van der Waals surface area contributed by atoms with Gasteiger partial charge in [-0.1, -0.05) is 186 Å².